The molecule has 4 aromatic rings. The van der Waals surface area contributed by atoms with Gasteiger partial charge in [-0.15, -0.1) is 0 Å². The number of phenolic OH excluding ortho intramolecular Hbond substituents is 1. The number of amides is 1. The Hall–Kier alpha value is -4.39. The van der Waals surface area contributed by atoms with E-state index in [0.717, 1.165) is 53.7 Å². The van der Waals surface area contributed by atoms with Crippen molar-refractivity contribution in [2.24, 2.45) is 7.05 Å². The summed E-state index contributed by atoms with van der Waals surface area (Å²) in [6, 6.07) is 14.3. The molecule has 2 aliphatic heterocycles. The number of aryl methyl sites for hydroxylation is 1. The summed E-state index contributed by atoms with van der Waals surface area (Å²) in [7, 11) is 1.90. The van der Waals surface area contributed by atoms with Gasteiger partial charge in [-0.25, -0.2) is 4.98 Å². The number of carbonyl (C=O) groups is 2. The smallest absolute Gasteiger partial charge is 0.253 e. The number of allylic oxidation sites excluding steroid dienone is 1. The number of aromatic hydroxyl groups is 1. The van der Waals surface area contributed by atoms with Crippen LogP contribution in [-0.2, 0) is 7.05 Å². The molecule has 1 amide bonds. The van der Waals surface area contributed by atoms with Gasteiger partial charge < -0.3 is 19.3 Å². The second-order valence-electron chi connectivity index (χ2n) is 8.92. The Bertz CT molecular complexity index is 1530. The highest BCUT2D eigenvalue weighted by atomic mass is 16.5. The molecule has 2 aromatic carbocycles. The molecule has 0 radical (unpaired) electrons. The molecular formula is C28H23N3O4. The number of likely N-dealkylation sites (tertiary alicyclic amines) is 1. The van der Waals surface area contributed by atoms with E-state index in [0.29, 0.717) is 11.3 Å². The number of carbonyl (C=O) groups excluding carboxylic acids is 2. The number of aromatic nitrogens is 2. The number of ketones is 1. The summed E-state index contributed by atoms with van der Waals surface area (Å²) in [5.41, 5.74) is 4.28. The number of phenols is 1. The summed E-state index contributed by atoms with van der Waals surface area (Å²) in [6.07, 6.45) is 7.46. The Balaban J connectivity index is 1.41. The third-order valence-corrected chi connectivity index (χ3v) is 6.68. The number of hydrogen-bond donors (Lipinski definition) is 1. The average molecular weight is 466 g/mol. The van der Waals surface area contributed by atoms with Crippen molar-refractivity contribution in [3.05, 3.63) is 83.4 Å². The van der Waals surface area contributed by atoms with E-state index in [1.807, 2.05) is 53.0 Å². The second kappa shape index (κ2) is 8.13. The lowest BCUT2D eigenvalue weighted by Gasteiger charge is -2.15. The lowest BCUT2D eigenvalue weighted by molar-refractivity contribution is 0.0792. The van der Waals surface area contributed by atoms with Crippen molar-refractivity contribution in [1.29, 1.82) is 0 Å². The summed E-state index contributed by atoms with van der Waals surface area (Å²) in [5, 5.41) is 11.0. The Morgan fingerprint density at radius 2 is 1.86 bits per heavy atom. The van der Waals surface area contributed by atoms with E-state index >= 15 is 0 Å². The van der Waals surface area contributed by atoms with E-state index in [1.54, 1.807) is 24.4 Å². The first kappa shape index (κ1) is 21.2. The van der Waals surface area contributed by atoms with Crippen LogP contribution in [0.2, 0.25) is 0 Å². The number of hydrogen-bond acceptors (Lipinski definition) is 5. The van der Waals surface area contributed by atoms with Crippen LogP contribution in [0.25, 0.3) is 28.2 Å². The Morgan fingerprint density at radius 3 is 2.60 bits per heavy atom. The highest BCUT2D eigenvalue weighted by Crippen LogP contribution is 2.39. The minimum absolute atomic E-state index is 0.0683. The van der Waals surface area contributed by atoms with Crippen LogP contribution in [0, 0.1) is 0 Å². The number of pyridine rings is 1. The first-order valence-electron chi connectivity index (χ1n) is 11.6. The highest BCUT2D eigenvalue weighted by molar-refractivity contribution is 6.17. The lowest BCUT2D eigenvalue weighted by Crippen LogP contribution is -2.27. The maximum atomic E-state index is 12.9. The van der Waals surface area contributed by atoms with Gasteiger partial charge in [0.05, 0.1) is 0 Å². The number of nitrogens with zero attached hydrogens (tertiary/aromatic N) is 3. The summed E-state index contributed by atoms with van der Waals surface area (Å²) in [6.45, 7) is 1.63. The molecule has 2 aliphatic rings. The Morgan fingerprint density at radius 1 is 1.09 bits per heavy atom. The molecule has 1 fully saturated rings. The van der Waals surface area contributed by atoms with Gasteiger partial charge in [-0.05, 0) is 60.4 Å². The summed E-state index contributed by atoms with van der Waals surface area (Å²) >= 11 is 0. The molecule has 7 heteroatoms. The van der Waals surface area contributed by atoms with Crippen molar-refractivity contribution in [2.75, 3.05) is 13.1 Å². The van der Waals surface area contributed by atoms with Gasteiger partial charge in [0.25, 0.3) is 5.91 Å². The molecular weight excluding hydrogens is 442 g/mol. The van der Waals surface area contributed by atoms with Crippen molar-refractivity contribution in [3.8, 4) is 22.6 Å². The molecule has 0 saturated carbocycles. The molecule has 2 aromatic heterocycles. The minimum atomic E-state index is -0.356. The third-order valence-electron chi connectivity index (χ3n) is 6.68. The maximum absolute atomic E-state index is 12.9. The SMILES string of the molecule is Cn1cc(C=C2Oc3cccc(O)c3C2=O)c2c(-c3ccc(C(=O)N4CCCC4)cc3)ccnc21. The van der Waals surface area contributed by atoms with Gasteiger partial charge in [-0.3, -0.25) is 9.59 Å². The maximum Gasteiger partial charge on any atom is 0.253 e. The zero-order chi connectivity index (χ0) is 24.1. The summed E-state index contributed by atoms with van der Waals surface area (Å²) < 4.78 is 7.68. The molecule has 35 heavy (non-hydrogen) atoms. The van der Waals surface area contributed by atoms with E-state index in [9.17, 15) is 14.7 Å². The summed E-state index contributed by atoms with van der Waals surface area (Å²) in [5.74, 6) is 0.109. The van der Waals surface area contributed by atoms with Crippen molar-refractivity contribution in [3.63, 3.8) is 0 Å². The fraction of sp³-hybridized carbons (Fsp3) is 0.179. The van der Waals surface area contributed by atoms with Gasteiger partial charge in [0.1, 0.15) is 22.7 Å². The highest BCUT2D eigenvalue weighted by Gasteiger charge is 2.30. The van der Waals surface area contributed by atoms with Crippen molar-refractivity contribution in [1.82, 2.24) is 14.5 Å². The normalized spacial score (nSPS) is 16.2. The van der Waals surface area contributed by atoms with E-state index in [4.69, 9.17) is 4.74 Å². The van der Waals surface area contributed by atoms with Crippen LogP contribution in [0.15, 0.2) is 66.7 Å². The van der Waals surface area contributed by atoms with Crippen LogP contribution in [0.1, 0.15) is 39.1 Å². The topological polar surface area (TPSA) is 84.7 Å². The van der Waals surface area contributed by atoms with Gasteiger partial charge >= 0.3 is 0 Å². The van der Waals surface area contributed by atoms with Crippen LogP contribution in [-0.4, -0.2) is 44.3 Å². The quantitative estimate of drug-likeness (QED) is 0.440. The standard InChI is InChI=1S/C28H23N3O4/c1-30-16-19(15-23-26(33)25-21(32)5-4-6-22(25)35-23)24-20(11-12-29-27(24)30)17-7-9-18(10-8-17)28(34)31-13-2-3-14-31/h4-12,15-16,32H,2-3,13-14H2,1H3. The van der Waals surface area contributed by atoms with Crippen LogP contribution in [0.5, 0.6) is 11.5 Å². The first-order chi connectivity index (χ1) is 17.0. The zero-order valence-electron chi connectivity index (χ0n) is 19.2. The van der Waals surface area contributed by atoms with E-state index < -0.39 is 0 Å². The van der Waals surface area contributed by atoms with Gasteiger partial charge in [-0.2, -0.15) is 0 Å². The molecule has 7 nitrogen and oxygen atoms in total. The monoisotopic (exact) mass is 465 g/mol. The van der Waals surface area contributed by atoms with Crippen LogP contribution >= 0.6 is 0 Å². The molecule has 0 bridgehead atoms. The Labute approximate surface area is 201 Å². The van der Waals surface area contributed by atoms with Gasteiger partial charge in [0, 0.05) is 49.0 Å². The van der Waals surface area contributed by atoms with Crippen LogP contribution in [0.3, 0.4) is 0 Å². The fourth-order valence-corrected chi connectivity index (χ4v) is 4.94. The van der Waals surface area contributed by atoms with Crippen LogP contribution < -0.4 is 4.74 Å². The molecule has 0 atom stereocenters. The molecule has 174 valence electrons. The number of Topliss-reactive ketones (excluding diaryl/α,β-unsaturated/α-hetero) is 1. The van der Waals surface area contributed by atoms with E-state index in [1.165, 1.54) is 6.07 Å². The Kier molecular flexibility index (Phi) is 4.91. The number of benzene rings is 2. The molecule has 4 heterocycles. The molecule has 0 unspecified atom stereocenters. The first-order valence-corrected chi connectivity index (χ1v) is 11.6. The van der Waals surface area contributed by atoms with Crippen LogP contribution in [0.4, 0.5) is 0 Å². The molecule has 1 N–H and O–H groups in total. The van der Waals surface area contributed by atoms with E-state index in [-0.39, 0.29) is 28.8 Å². The average Bonchev–Trinajstić information content (AvgIpc) is 3.59. The predicted molar refractivity (Wildman–Crippen MR) is 132 cm³/mol. The minimum Gasteiger partial charge on any atom is -0.507 e. The van der Waals surface area contributed by atoms with Crippen molar-refractivity contribution in [2.45, 2.75) is 12.8 Å². The number of rotatable bonds is 3. The van der Waals surface area contributed by atoms with Crippen molar-refractivity contribution >= 4 is 28.8 Å². The summed E-state index contributed by atoms with van der Waals surface area (Å²) in [4.78, 5) is 32.1. The molecule has 0 spiro atoms. The number of ether oxygens (including phenoxy) is 1. The molecule has 0 aliphatic carbocycles. The number of fused-ring (bicyclic) bond motifs is 2. The third kappa shape index (κ3) is 3.47. The fourth-order valence-electron chi connectivity index (χ4n) is 4.94. The zero-order valence-corrected chi connectivity index (χ0v) is 19.2. The van der Waals surface area contributed by atoms with Gasteiger partial charge in [0.15, 0.2) is 5.76 Å². The van der Waals surface area contributed by atoms with Gasteiger partial charge in [0.2, 0.25) is 5.78 Å². The largest absolute Gasteiger partial charge is 0.507 e. The van der Waals surface area contributed by atoms with Crippen molar-refractivity contribution < 1.29 is 19.4 Å². The second-order valence-corrected chi connectivity index (χ2v) is 8.92. The van der Waals surface area contributed by atoms with Gasteiger partial charge in [-0.1, -0.05) is 18.2 Å². The van der Waals surface area contributed by atoms with E-state index in [2.05, 4.69) is 4.98 Å². The predicted octanol–water partition coefficient (Wildman–Crippen LogP) is 4.80. The molecule has 6 rings (SSSR count). The lowest BCUT2D eigenvalue weighted by atomic mass is 9.99. The molecule has 1 saturated heterocycles.